The molecule has 1 aliphatic heterocycles. The molecule has 0 aromatic heterocycles. The van der Waals surface area contributed by atoms with E-state index in [4.69, 9.17) is 4.74 Å². The second kappa shape index (κ2) is 11.4. The van der Waals surface area contributed by atoms with Gasteiger partial charge in [-0.1, -0.05) is 84.4 Å². The zero-order chi connectivity index (χ0) is 30.1. The Balaban J connectivity index is 1.44. The molecule has 218 valence electrons. The molecule has 0 saturated heterocycles. The summed E-state index contributed by atoms with van der Waals surface area (Å²) in [5.41, 5.74) is 4.46. The van der Waals surface area contributed by atoms with Gasteiger partial charge in [-0.15, -0.1) is 0 Å². The van der Waals surface area contributed by atoms with E-state index in [2.05, 4.69) is 5.32 Å². The number of halogens is 3. The lowest BCUT2D eigenvalue weighted by Gasteiger charge is -2.35. The average molecular weight is 583 g/mol. The first kappa shape index (κ1) is 28.3. The van der Waals surface area contributed by atoms with Crippen LogP contribution in [0.15, 0.2) is 114 Å². The van der Waals surface area contributed by atoms with Gasteiger partial charge >= 0.3 is 12.1 Å². The number of para-hydroxylation sites is 2. The zero-order valence-corrected chi connectivity index (χ0v) is 23.4. The summed E-state index contributed by atoms with van der Waals surface area (Å²) < 4.78 is 48.4. The van der Waals surface area contributed by atoms with Crippen LogP contribution < -0.4 is 15.0 Å². The van der Waals surface area contributed by atoms with Gasteiger partial charge in [0.1, 0.15) is 12.4 Å². The van der Waals surface area contributed by atoms with Crippen LogP contribution in [0.2, 0.25) is 0 Å². The number of ketones is 1. The van der Waals surface area contributed by atoms with Crippen molar-refractivity contribution in [2.45, 2.75) is 44.5 Å². The molecule has 0 spiro atoms. The summed E-state index contributed by atoms with van der Waals surface area (Å²) in [5, 5.41) is 3.26. The Bertz CT molecular complexity index is 1680. The molecule has 4 aromatic carbocycles. The topological polar surface area (TPSA) is 58.6 Å². The number of aryl methyl sites for hydroxylation is 1. The minimum absolute atomic E-state index is 0.0494. The molecule has 2 aliphatic rings. The van der Waals surface area contributed by atoms with Crippen LogP contribution in [0.5, 0.6) is 5.75 Å². The third kappa shape index (κ3) is 5.78. The number of rotatable bonds is 5. The van der Waals surface area contributed by atoms with E-state index in [1.165, 1.54) is 6.07 Å². The number of carbonyl (C=O) groups is 2. The Morgan fingerprint density at radius 3 is 2.21 bits per heavy atom. The quantitative estimate of drug-likeness (QED) is 0.259. The largest absolute Gasteiger partial charge is 0.489 e. The molecular formula is C35H29F3N2O3. The third-order valence-electron chi connectivity index (χ3n) is 7.94. The number of Topliss-reactive ketones (excluding diaryl/α,β-unsaturated/α-hetero) is 1. The second-order valence-electron chi connectivity index (χ2n) is 10.9. The molecule has 4 aromatic rings. The standard InChI is InChI=1S/C35H29F3N2O3/c1-22-11-13-24(14-12-22)26-19-29-32(31(41)20-26)33(25-15-17-27(18-16-25)43-21-23-7-3-2-4-8-23)40(34(42)35(36,37)38)30-10-6-5-9-28(30)39-29/h2-18,26,33,39H,19-21H2,1H3/t26-,33+/m0/s1. The minimum atomic E-state index is -5.17. The van der Waals surface area contributed by atoms with E-state index >= 15 is 0 Å². The lowest BCUT2D eigenvalue weighted by atomic mass is 9.78. The van der Waals surface area contributed by atoms with Gasteiger partial charge in [-0.25, -0.2) is 0 Å². The molecule has 1 aliphatic carbocycles. The Morgan fingerprint density at radius 1 is 0.860 bits per heavy atom. The summed E-state index contributed by atoms with van der Waals surface area (Å²) in [4.78, 5) is 27.8. The van der Waals surface area contributed by atoms with Crippen molar-refractivity contribution in [1.82, 2.24) is 0 Å². The van der Waals surface area contributed by atoms with Crippen LogP contribution in [0.3, 0.4) is 0 Å². The van der Waals surface area contributed by atoms with E-state index in [-0.39, 0.29) is 29.4 Å². The molecule has 0 bridgehead atoms. The average Bonchev–Trinajstić information content (AvgIpc) is 3.15. The van der Waals surface area contributed by atoms with Crippen LogP contribution in [0.25, 0.3) is 0 Å². The van der Waals surface area contributed by atoms with Gasteiger partial charge in [0.25, 0.3) is 0 Å². The van der Waals surface area contributed by atoms with Crippen LogP contribution in [0, 0.1) is 6.92 Å². The maximum Gasteiger partial charge on any atom is 0.471 e. The van der Waals surface area contributed by atoms with Crippen LogP contribution in [0.1, 0.15) is 47.1 Å². The number of ether oxygens (including phenoxy) is 1. The fourth-order valence-electron chi connectivity index (χ4n) is 5.83. The summed E-state index contributed by atoms with van der Waals surface area (Å²) in [7, 11) is 0. The van der Waals surface area contributed by atoms with E-state index in [0.29, 0.717) is 40.6 Å². The molecule has 1 heterocycles. The molecular weight excluding hydrogens is 553 g/mol. The fraction of sp³-hybridized carbons (Fsp3) is 0.200. The molecule has 8 heteroatoms. The number of nitrogens with one attached hydrogen (secondary N) is 1. The second-order valence-corrected chi connectivity index (χ2v) is 10.9. The normalized spacial score (nSPS) is 18.3. The maximum atomic E-state index is 14.2. The molecule has 1 amide bonds. The highest BCUT2D eigenvalue weighted by Crippen LogP contribution is 2.48. The highest BCUT2D eigenvalue weighted by atomic mass is 19.4. The number of hydrogen-bond donors (Lipinski definition) is 1. The highest BCUT2D eigenvalue weighted by Gasteiger charge is 2.50. The smallest absolute Gasteiger partial charge is 0.471 e. The Kier molecular flexibility index (Phi) is 7.52. The number of alkyl halides is 3. The summed E-state index contributed by atoms with van der Waals surface area (Å²) in [6.45, 7) is 2.29. The molecule has 1 N–H and O–H groups in total. The predicted octanol–water partition coefficient (Wildman–Crippen LogP) is 8.04. The van der Waals surface area contributed by atoms with Gasteiger partial charge in [-0.3, -0.25) is 14.5 Å². The molecule has 0 fully saturated rings. The third-order valence-corrected chi connectivity index (χ3v) is 7.94. The van der Waals surface area contributed by atoms with Crippen molar-refractivity contribution < 1.29 is 27.5 Å². The van der Waals surface area contributed by atoms with Crippen molar-refractivity contribution in [3.8, 4) is 5.75 Å². The number of fused-ring (bicyclic) bond motifs is 1. The molecule has 5 nitrogen and oxygen atoms in total. The molecule has 0 unspecified atom stereocenters. The Morgan fingerprint density at radius 2 is 1.51 bits per heavy atom. The van der Waals surface area contributed by atoms with E-state index < -0.39 is 18.1 Å². The van der Waals surface area contributed by atoms with Crippen molar-refractivity contribution in [1.29, 1.82) is 0 Å². The van der Waals surface area contributed by atoms with E-state index in [1.54, 1.807) is 42.5 Å². The molecule has 6 rings (SSSR count). The highest BCUT2D eigenvalue weighted by molar-refractivity contribution is 6.07. The maximum absolute atomic E-state index is 14.2. The van der Waals surface area contributed by atoms with Crippen LogP contribution in [0.4, 0.5) is 24.5 Å². The van der Waals surface area contributed by atoms with Crippen molar-refractivity contribution >= 4 is 23.1 Å². The monoisotopic (exact) mass is 582 g/mol. The first-order valence-electron chi connectivity index (χ1n) is 14.0. The van der Waals surface area contributed by atoms with Crippen molar-refractivity contribution in [2.75, 3.05) is 10.2 Å². The number of nitrogens with zero attached hydrogens (tertiary/aromatic N) is 1. The summed E-state index contributed by atoms with van der Waals surface area (Å²) in [6.07, 6.45) is -4.65. The number of allylic oxidation sites excluding steroid dienone is 1. The minimum Gasteiger partial charge on any atom is -0.489 e. The van der Waals surface area contributed by atoms with Crippen molar-refractivity contribution in [2.24, 2.45) is 0 Å². The predicted molar refractivity (Wildman–Crippen MR) is 159 cm³/mol. The molecule has 43 heavy (non-hydrogen) atoms. The van der Waals surface area contributed by atoms with Crippen molar-refractivity contribution in [3.05, 3.63) is 137 Å². The van der Waals surface area contributed by atoms with E-state index in [9.17, 15) is 22.8 Å². The summed E-state index contributed by atoms with van der Waals surface area (Å²) >= 11 is 0. The van der Waals surface area contributed by atoms with Gasteiger partial charge < -0.3 is 10.1 Å². The zero-order valence-electron chi connectivity index (χ0n) is 23.4. The molecule has 0 saturated carbocycles. The number of hydrogen-bond acceptors (Lipinski definition) is 4. The Hall–Kier alpha value is -4.85. The van der Waals surface area contributed by atoms with Gasteiger partial charge in [-0.2, -0.15) is 13.2 Å². The Labute approximate surface area is 247 Å². The van der Waals surface area contributed by atoms with Gasteiger partial charge in [0, 0.05) is 17.7 Å². The van der Waals surface area contributed by atoms with Crippen LogP contribution in [-0.4, -0.2) is 17.9 Å². The van der Waals surface area contributed by atoms with Gasteiger partial charge in [0.05, 0.1) is 17.4 Å². The number of benzene rings is 4. The van der Waals surface area contributed by atoms with Gasteiger partial charge in [0.15, 0.2) is 5.78 Å². The number of anilines is 2. The van der Waals surface area contributed by atoms with Crippen LogP contribution >= 0.6 is 0 Å². The molecule has 0 radical (unpaired) electrons. The first-order valence-corrected chi connectivity index (χ1v) is 14.0. The van der Waals surface area contributed by atoms with E-state index in [1.807, 2.05) is 61.5 Å². The SMILES string of the molecule is Cc1ccc([C@@H]2CC(=O)C3=C(C2)Nc2ccccc2N(C(=O)C(F)(F)F)[C@@H]3c2ccc(OCc3ccccc3)cc2)cc1. The van der Waals surface area contributed by atoms with E-state index in [0.717, 1.165) is 16.7 Å². The van der Waals surface area contributed by atoms with Gasteiger partial charge in [0.2, 0.25) is 0 Å². The molecule has 2 atom stereocenters. The fourth-order valence-corrected chi connectivity index (χ4v) is 5.83. The summed E-state index contributed by atoms with van der Waals surface area (Å²) in [6, 6.07) is 29.1. The summed E-state index contributed by atoms with van der Waals surface area (Å²) in [5.74, 6) is -2.00. The van der Waals surface area contributed by atoms with Gasteiger partial charge in [-0.05, 0) is 60.2 Å². The lowest BCUT2D eigenvalue weighted by Crippen LogP contribution is -2.45. The number of carbonyl (C=O) groups excluding carboxylic acids is 2. The van der Waals surface area contributed by atoms with Crippen molar-refractivity contribution in [3.63, 3.8) is 0 Å². The lowest BCUT2D eigenvalue weighted by molar-refractivity contribution is -0.170. The number of amides is 1. The first-order chi connectivity index (χ1) is 20.7. The van der Waals surface area contributed by atoms with Crippen LogP contribution in [-0.2, 0) is 16.2 Å².